The Kier molecular flexibility index (Phi) is 55.9. The number of carbonyl (C=O) groups excluding carboxylic acids is 2. The van der Waals surface area contributed by atoms with E-state index in [1.807, 2.05) is 42.8 Å². The number of fused-ring (bicyclic) bond motifs is 3. The minimum Gasteiger partial charge on any atom is -0.497 e. The van der Waals surface area contributed by atoms with E-state index in [9.17, 15) is 44.3 Å². The monoisotopic (exact) mass is 1800 g/mol. The molecule has 0 radical (unpaired) electrons. The Morgan fingerprint density at radius 2 is 0.638 bits per heavy atom. The van der Waals surface area contributed by atoms with Crippen LogP contribution >= 0.6 is 11.8 Å². The number of ketones is 2. The molecule has 0 aliphatic heterocycles. The van der Waals surface area contributed by atoms with Gasteiger partial charge < -0.3 is 14.2 Å². The second-order valence-corrected chi connectivity index (χ2v) is 43.5. The number of hydrogen-bond acceptors (Lipinski definition) is 8. The van der Waals surface area contributed by atoms with Crippen molar-refractivity contribution < 1.29 is 58.6 Å². The number of thioether (sulfide) groups is 1. The molecule has 2 aliphatic carbocycles. The number of sulfone groups is 1. The van der Waals surface area contributed by atoms with Crippen molar-refractivity contribution in [3.63, 3.8) is 0 Å². The van der Waals surface area contributed by atoms with Crippen molar-refractivity contribution in [3.05, 3.63) is 298 Å². The van der Waals surface area contributed by atoms with Crippen LogP contribution in [0.25, 0.3) is 11.1 Å². The highest BCUT2D eigenvalue weighted by molar-refractivity contribution is 7.97. The van der Waals surface area contributed by atoms with Gasteiger partial charge in [-0.2, -0.15) is 38.1 Å². The number of halogens is 6. The predicted molar refractivity (Wildman–Crippen MR) is 540 cm³/mol. The van der Waals surface area contributed by atoms with Crippen molar-refractivity contribution in [2.45, 2.75) is 297 Å². The summed E-state index contributed by atoms with van der Waals surface area (Å²) < 4.78 is 103. The Balaban J connectivity index is -0.00000133. The van der Waals surface area contributed by atoms with Gasteiger partial charge in [-0.25, -0.2) is 8.42 Å². The molecule has 0 amide bonds. The smallest absolute Gasteiger partial charge is 0.402 e. The second kappa shape index (κ2) is 57.7. The van der Waals surface area contributed by atoms with E-state index in [0.717, 1.165) is 24.0 Å². The van der Waals surface area contributed by atoms with Crippen molar-refractivity contribution in [3.8, 4) is 22.6 Å². The van der Waals surface area contributed by atoms with Gasteiger partial charge in [0.2, 0.25) is 0 Å². The Morgan fingerprint density at radius 1 is 0.394 bits per heavy atom. The molecular formula is C112H166F6O7S2. The summed E-state index contributed by atoms with van der Waals surface area (Å²) in [4.78, 5) is 21.7. The molecule has 0 aromatic heterocycles. The summed E-state index contributed by atoms with van der Waals surface area (Å²) in [5.41, 5.74) is 15.6. The highest BCUT2D eigenvalue weighted by Gasteiger charge is 2.64. The molecule has 1 fully saturated rings. The summed E-state index contributed by atoms with van der Waals surface area (Å²) in [6, 6.07) is 81.3. The number of Topliss-reactive ketones (excluding diaryl/α,β-unsaturated/α-hetero) is 2. The first-order valence-corrected chi connectivity index (χ1v) is 48.0. The Morgan fingerprint density at radius 3 is 0.843 bits per heavy atom. The van der Waals surface area contributed by atoms with Gasteiger partial charge in [-0.1, -0.05) is 418 Å². The molecule has 7 nitrogen and oxygen atoms in total. The molecule has 710 valence electrons. The third-order valence-electron chi connectivity index (χ3n) is 19.8. The lowest BCUT2D eigenvalue weighted by atomic mass is 9.78. The molecule has 0 N–H and O–H groups in total. The third-order valence-corrected chi connectivity index (χ3v) is 19.8. The Labute approximate surface area is 774 Å². The third kappa shape index (κ3) is 52.3. The molecule has 1 saturated carbocycles. The SMILES string of the molecule is CC(=O)c1ccc(C(C)=O)cc1.CC(C)(C(F)(F)F)C(F)(F)F.CC(C)(C)C.CC(C)(C)c1ccc(C(C)(C)C)cc1.CC(C)(C)c1cccc(C(C)(C)C)c1.CC(C)(c1ccccc1)c1ccccc1.CC(C)c1ccccc1.CC1(C)CCCCC1.CC1(C)c2ccccc2-c2ccccc21.CCC.COC.COc1ccc(OC)cc1.CS(C)(=O)=O.CSC. The van der Waals surface area contributed by atoms with Crippen molar-refractivity contribution in [2.24, 2.45) is 16.2 Å². The van der Waals surface area contributed by atoms with Crippen LogP contribution in [0.2, 0.25) is 0 Å². The Bertz CT molecular complexity index is 4280. The van der Waals surface area contributed by atoms with Crippen LogP contribution in [-0.2, 0) is 47.1 Å². The fourth-order valence-corrected chi connectivity index (χ4v) is 11.6. The normalized spacial score (nSPS) is 12.8. The lowest BCUT2D eigenvalue weighted by Gasteiger charge is -2.29. The lowest BCUT2D eigenvalue weighted by Crippen LogP contribution is -2.44. The van der Waals surface area contributed by atoms with Gasteiger partial charge in [-0.3, -0.25) is 9.59 Å². The van der Waals surface area contributed by atoms with Crippen molar-refractivity contribution in [1.29, 1.82) is 0 Å². The van der Waals surface area contributed by atoms with Gasteiger partial charge in [0.25, 0.3) is 0 Å². The lowest BCUT2D eigenvalue weighted by molar-refractivity contribution is -0.327. The first-order chi connectivity index (χ1) is 58.1. The molecule has 9 aromatic carbocycles. The molecule has 0 atom stereocenters. The first kappa shape index (κ1) is 123. The molecule has 9 aromatic rings. The second-order valence-electron chi connectivity index (χ2n) is 40.4. The highest BCUT2D eigenvalue weighted by Crippen LogP contribution is 2.50. The zero-order valence-corrected chi connectivity index (χ0v) is 86.9. The minimum absolute atomic E-state index is 0.0186. The Hall–Kier alpha value is -8.24. The van der Waals surface area contributed by atoms with E-state index >= 15 is 0 Å². The number of rotatable bonds is 7. The molecule has 2 aliphatic rings. The number of ether oxygens (including phenoxy) is 3. The van der Waals surface area contributed by atoms with Crippen LogP contribution in [0.5, 0.6) is 11.5 Å². The van der Waals surface area contributed by atoms with Gasteiger partial charge in [-0.05, 0) is 177 Å². The van der Waals surface area contributed by atoms with Gasteiger partial charge in [0.05, 0.1) is 14.2 Å². The van der Waals surface area contributed by atoms with Crippen molar-refractivity contribution >= 4 is 33.2 Å². The van der Waals surface area contributed by atoms with Crippen LogP contribution in [0.15, 0.2) is 237 Å². The maximum absolute atomic E-state index is 11.6. The van der Waals surface area contributed by atoms with E-state index in [0.29, 0.717) is 27.9 Å². The fraction of sp³-hybridized carbons (Fsp3) is 0.500. The summed E-state index contributed by atoms with van der Waals surface area (Å²) in [6.45, 7) is 61.6. The molecule has 0 saturated heterocycles. The van der Waals surface area contributed by atoms with Gasteiger partial charge in [0.1, 0.15) is 21.3 Å². The molecule has 0 heterocycles. The molecule has 0 bridgehead atoms. The van der Waals surface area contributed by atoms with Crippen LogP contribution in [0.3, 0.4) is 0 Å². The van der Waals surface area contributed by atoms with E-state index in [4.69, 9.17) is 9.47 Å². The summed E-state index contributed by atoms with van der Waals surface area (Å²) in [7, 11) is 3.86. The zero-order valence-electron chi connectivity index (χ0n) is 85.3. The molecule has 127 heavy (non-hydrogen) atoms. The number of hydrogen-bond donors (Lipinski definition) is 0. The first-order valence-electron chi connectivity index (χ1n) is 44.0. The van der Waals surface area contributed by atoms with Crippen molar-refractivity contribution in [1.82, 2.24) is 0 Å². The largest absolute Gasteiger partial charge is 0.497 e. The summed E-state index contributed by atoms with van der Waals surface area (Å²) in [5.74, 6) is 2.39. The number of alkyl halides is 6. The van der Waals surface area contributed by atoms with E-state index < -0.39 is 27.6 Å². The maximum atomic E-state index is 11.6. The van der Waals surface area contributed by atoms with E-state index in [-0.39, 0.29) is 57.9 Å². The average Bonchev–Trinajstić information content (AvgIpc) is 1.59. The van der Waals surface area contributed by atoms with Crippen molar-refractivity contribution in [2.75, 3.05) is 53.5 Å². The van der Waals surface area contributed by atoms with Gasteiger partial charge in [-0.15, -0.1) is 0 Å². The number of benzene rings is 9. The number of carbonyl (C=O) groups is 2. The quantitative estimate of drug-likeness (QED) is 0.115. The fourth-order valence-electron chi connectivity index (χ4n) is 11.6. The summed E-state index contributed by atoms with van der Waals surface area (Å²) >= 11 is 1.75. The zero-order chi connectivity index (χ0) is 99.0. The predicted octanol–water partition coefficient (Wildman–Crippen LogP) is 33.7. The van der Waals surface area contributed by atoms with Gasteiger partial charge in [0.15, 0.2) is 17.0 Å². The number of methoxy groups -OCH3 is 3. The van der Waals surface area contributed by atoms with Crippen LogP contribution in [-0.4, -0.2) is 85.8 Å². The van der Waals surface area contributed by atoms with Gasteiger partial charge in [0, 0.05) is 48.7 Å². The molecular weight excluding hydrogens is 1640 g/mol. The van der Waals surface area contributed by atoms with Crippen LogP contribution in [0.4, 0.5) is 26.3 Å². The maximum Gasteiger partial charge on any atom is 0.402 e. The van der Waals surface area contributed by atoms with Crippen LogP contribution in [0.1, 0.15) is 323 Å². The molecule has 15 heteroatoms. The van der Waals surface area contributed by atoms with Crippen LogP contribution in [0, 0.1) is 16.2 Å². The van der Waals surface area contributed by atoms with Crippen LogP contribution < -0.4 is 9.47 Å². The summed E-state index contributed by atoms with van der Waals surface area (Å²) in [5, 5.41) is 0. The molecule has 11 rings (SSSR count). The molecule has 0 spiro atoms. The van der Waals surface area contributed by atoms with E-state index in [1.165, 1.54) is 114 Å². The summed E-state index contributed by atoms with van der Waals surface area (Å²) in [6.07, 6.45) is 4.47. The van der Waals surface area contributed by atoms with Gasteiger partial charge >= 0.3 is 12.4 Å². The standard InChI is InChI=1S/C15H14.C15H16.2C14H22.C10H10O2.C9H12.C8H10O2.C8H16.C5H6F6.C5H12.C3H8.C2H6O2S.C2H6O.C2H6S/c1-15(2)13-9-5-3-7-11(13)12-8-4-6-10-14(12)15;1-15(2,13-9-5-3-6-10-13)14-11-7-4-8-12-14;1-13(2,3)11-7-9-12(10-8-11)14(4,5)6;1-13(2,3)11-8-7-9-12(10-11)14(4,5)6;1-7(11)9-3-5-10(6-4-9)8(2)12;1-8(2)9-6-4-3-5-7-9;1-9-7-3-5-8(10-2)6-4-7;1-8(2)6-4-3-5-7-8;1-3(2,4(6,7)8)5(9,10)11;1-5(2,3)4;1-3-2;1-5(2,3)4;2*1-3-2/h3-10H,1-2H3;3-12H,1-2H3;2*7-10H,1-6H3;3-6H,1-2H3;3-8H,1-2H3;3-6H,1-2H3;3-7H2,1-2H3;1-2H3;1-4H3;3H2,1-2H3;1-2H3;2*1-2H3. The van der Waals surface area contributed by atoms with E-state index in [1.54, 1.807) is 64.5 Å². The topological polar surface area (TPSA) is 96.0 Å². The molecule has 0 unspecified atom stereocenters. The van der Waals surface area contributed by atoms with E-state index in [2.05, 4.69) is 367 Å². The highest BCUT2D eigenvalue weighted by atomic mass is 32.2. The minimum atomic E-state index is -5.24. The average molecular weight is 1800 g/mol.